The molecule has 0 aliphatic heterocycles. The zero-order valence-corrected chi connectivity index (χ0v) is 10.7. The van der Waals surface area contributed by atoms with Gasteiger partial charge < -0.3 is 21.5 Å². The van der Waals surface area contributed by atoms with Crippen LogP contribution < -0.4 is 29.6 Å². The predicted octanol–water partition coefficient (Wildman–Crippen LogP) is -3.18. The average Bonchev–Trinajstić information content (AvgIpc) is 2.18. The molecule has 0 radical (unpaired) electrons. The predicted molar refractivity (Wildman–Crippen MR) is 52.5 cm³/mol. The van der Waals surface area contributed by atoms with Gasteiger partial charge in [0.15, 0.2) is 0 Å². The number of hydrogen-bond acceptors (Lipinski definition) is 4. The molecule has 0 saturated carbocycles. The molecule has 0 fully saturated rings. The molecule has 80 valence electrons. The smallest absolute Gasteiger partial charge is 1.00 e. The first kappa shape index (κ1) is 19.8. The summed E-state index contributed by atoms with van der Waals surface area (Å²) in [6, 6.07) is 0. The Morgan fingerprint density at radius 2 is 1.50 bits per heavy atom. The van der Waals surface area contributed by atoms with Crippen molar-refractivity contribution < 1.29 is 51.0 Å². The van der Waals surface area contributed by atoms with E-state index in [1.807, 2.05) is 0 Å². The van der Waals surface area contributed by atoms with Crippen molar-refractivity contribution in [1.29, 1.82) is 0 Å². The first-order valence-corrected chi connectivity index (χ1v) is 3.92. The van der Waals surface area contributed by atoms with Gasteiger partial charge in [0, 0.05) is 0 Å². The van der Waals surface area contributed by atoms with Crippen LogP contribution in [0.25, 0.3) is 0 Å². The Labute approximate surface area is 109 Å². The van der Waals surface area contributed by atoms with E-state index in [9.17, 15) is 0 Å². The van der Waals surface area contributed by atoms with Crippen LogP contribution in [0.5, 0.6) is 0 Å². The van der Waals surface area contributed by atoms with Crippen LogP contribution in [0.3, 0.4) is 0 Å². The van der Waals surface area contributed by atoms with E-state index >= 15 is 0 Å². The van der Waals surface area contributed by atoms with Gasteiger partial charge in [-0.1, -0.05) is 12.2 Å². The normalized spacial score (nSPS) is 8.29. The Hall–Kier alpha value is 0.320. The quantitative estimate of drug-likeness (QED) is 0.248. The molecule has 0 aliphatic rings. The van der Waals surface area contributed by atoms with Gasteiger partial charge in [-0.15, -0.1) is 13.2 Å². The topological polar surface area (TPSA) is 69.9 Å². The second kappa shape index (κ2) is 19.0. The molecule has 4 nitrogen and oxygen atoms in total. The van der Waals surface area contributed by atoms with E-state index in [1.54, 1.807) is 12.2 Å². The Bertz CT molecular complexity index is 113. The largest absolute Gasteiger partial charge is 1.00 e. The molecule has 0 rings (SSSR count). The Morgan fingerprint density at radius 3 is 1.64 bits per heavy atom. The van der Waals surface area contributed by atoms with E-state index in [1.165, 1.54) is 0 Å². The summed E-state index contributed by atoms with van der Waals surface area (Å²) >= 11 is 0. The summed E-state index contributed by atoms with van der Waals surface area (Å²) in [6.07, 6.45) is 2.47. The van der Waals surface area contributed by atoms with Gasteiger partial charge in [-0.25, -0.2) is 0 Å². The van der Waals surface area contributed by atoms with Crippen molar-refractivity contribution >= 4 is 0 Å². The minimum Gasteiger partial charge on any atom is -1.00 e. The van der Waals surface area contributed by atoms with Crippen molar-refractivity contribution in [3.63, 3.8) is 0 Å². The van der Waals surface area contributed by atoms with Gasteiger partial charge in [-0.3, -0.25) is 0 Å². The van der Waals surface area contributed by atoms with Crippen LogP contribution in [0, 0.1) is 0 Å². The summed E-state index contributed by atoms with van der Waals surface area (Å²) in [4.78, 5) is 0. The molecule has 5 heteroatoms. The molecule has 0 heterocycles. The molecule has 0 aliphatic carbocycles. The number of aliphatic hydroxyl groups excluding tert-OH is 3. The molecule has 0 aromatic carbocycles. The van der Waals surface area contributed by atoms with Crippen LogP contribution in [-0.2, 0) is 4.74 Å². The van der Waals surface area contributed by atoms with E-state index in [4.69, 9.17) is 20.1 Å². The third-order valence-electron chi connectivity index (χ3n) is 0.893. The van der Waals surface area contributed by atoms with Crippen LogP contribution in [0.15, 0.2) is 25.3 Å². The van der Waals surface area contributed by atoms with Crippen LogP contribution in [-0.4, -0.2) is 47.9 Å². The number of aliphatic hydroxyl groups is 3. The van der Waals surface area contributed by atoms with Gasteiger partial charge in [0.05, 0.1) is 26.4 Å². The molecule has 0 bridgehead atoms. The SMILES string of the molecule is C=CCOCC=C.OCC(O)CO.[H-].[Na+]. The van der Waals surface area contributed by atoms with Gasteiger partial charge in [-0.2, -0.15) is 0 Å². The summed E-state index contributed by atoms with van der Waals surface area (Å²) in [7, 11) is 0. The van der Waals surface area contributed by atoms with Crippen molar-refractivity contribution in [2.24, 2.45) is 0 Å². The second-order valence-electron chi connectivity index (χ2n) is 2.13. The van der Waals surface area contributed by atoms with E-state index in [0.29, 0.717) is 13.2 Å². The first-order valence-electron chi connectivity index (χ1n) is 3.92. The zero-order valence-electron chi connectivity index (χ0n) is 9.72. The van der Waals surface area contributed by atoms with Crippen molar-refractivity contribution in [3.8, 4) is 0 Å². The van der Waals surface area contributed by atoms with E-state index in [2.05, 4.69) is 13.2 Å². The van der Waals surface area contributed by atoms with Crippen molar-refractivity contribution in [3.05, 3.63) is 25.3 Å². The van der Waals surface area contributed by atoms with Gasteiger partial charge in [0.2, 0.25) is 0 Å². The Kier molecular flexibility index (Phi) is 26.9. The third-order valence-corrected chi connectivity index (χ3v) is 0.893. The summed E-state index contributed by atoms with van der Waals surface area (Å²) in [5.41, 5.74) is 0. The van der Waals surface area contributed by atoms with E-state index in [0.717, 1.165) is 0 Å². The van der Waals surface area contributed by atoms with Crippen LogP contribution in [0.2, 0.25) is 0 Å². The van der Waals surface area contributed by atoms with E-state index in [-0.39, 0.29) is 44.2 Å². The molecule has 0 atom stereocenters. The Balaban J connectivity index is -0.0000000718. The molecule has 0 unspecified atom stereocenters. The molecule has 0 saturated heterocycles. The molecule has 0 spiro atoms. The van der Waals surface area contributed by atoms with Crippen molar-refractivity contribution in [2.75, 3.05) is 26.4 Å². The molecular weight excluding hydrogens is 195 g/mol. The third kappa shape index (κ3) is 22.8. The molecular formula is C9H19NaO4. The maximum Gasteiger partial charge on any atom is 1.00 e. The van der Waals surface area contributed by atoms with E-state index < -0.39 is 6.10 Å². The summed E-state index contributed by atoms with van der Waals surface area (Å²) in [5, 5.41) is 24.0. The molecule has 0 amide bonds. The fourth-order valence-electron chi connectivity index (χ4n) is 0.292. The minimum atomic E-state index is -0.954. The molecule has 0 aromatic heterocycles. The van der Waals surface area contributed by atoms with Crippen LogP contribution >= 0.6 is 0 Å². The van der Waals surface area contributed by atoms with Crippen LogP contribution in [0.4, 0.5) is 0 Å². The summed E-state index contributed by atoms with van der Waals surface area (Å²) < 4.78 is 4.90. The summed E-state index contributed by atoms with van der Waals surface area (Å²) in [6.45, 7) is 7.45. The van der Waals surface area contributed by atoms with Gasteiger partial charge >= 0.3 is 29.6 Å². The molecule has 14 heavy (non-hydrogen) atoms. The van der Waals surface area contributed by atoms with Crippen molar-refractivity contribution in [2.45, 2.75) is 6.10 Å². The number of hydrogen-bond donors (Lipinski definition) is 3. The van der Waals surface area contributed by atoms with Gasteiger partial charge in [-0.05, 0) is 0 Å². The number of ether oxygens (including phenoxy) is 1. The maximum atomic E-state index is 8.17. The Morgan fingerprint density at radius 1 is 1.14 bits per heavy atom. The van der Waals surface area contributed by atoms with Crippen molar-refractivity contribution in [1.82, 2.24) is 0 Å². The van der Waals surface area contributed by atoms with Gasteiger partial charge in [0.25, 0.3) is 0 Å². The second-order valence-corrected chi connectivity index (χ2v) is 2.13. The first-order chi connectivity index (χ1) is 6.22. The fourth-order valence-corrected chi connectivity index (χ4v) is 0.292. The molecule has 0 aromatic rings. The average molecular weight is 214 g/mol. The van der Waals surface area contributed by atoms with Crippen LogP contribution in [0.1, 0.15) is 1.43 Å². The fraction of sp³-hybridized carbons (Fsp3) is 0.556. The monoisotopic (exact) mass is 214 g/mol. The van der Waals surface area contributed by atoms with Gasteiger partial charge in [0.1, 0.15) is 6.10 Å². The molecule has 3 N–H and O–H groups in total. The number of rotatable bonds is 6. The zero-order chi connectivity index (χ0) is 10.5. The minimum absolute atomic E-state index is 0. The maximum absolute atomic E-state index is 8.17. The standard InChI is InChI=1S/C6H10O.C3H8O3.Na.H/c1-3-5-7-6-4-2;4-1-3(6)2-5;;/h3-4H,1-2,5-6H2;3-6H,1-2H2;;/q;;+1;-1. The summed E-state index contributed by atoms with van der Waals surface area (Å²) in [5.74, 6) is 0.